The van der Waals surface area contributed by atoms with Crippen LogP contribution in [0.4, 0.5) is 11.4 Å². The van der Waals surface area contributed by atoms with E-state index in [2.05, 4.69) is 47.7 Å². The van der Waals surface area contributed by atoms with E-state index in [1.807, 2.05) is 52.0 Å². The number of aromatic nitrogens is 4. The standard InChI is InChI=1S/C19H19ClN6S/c1-19(2,3)26-17(22-23-24-26)16-12-8-4-6-10-14(12)21-18(27)25(16)15-11-7-5-9-13(15)20/h4-11,16H,1-3H3,(H,21,27). The van der Waals surface area contributed by atoms with Gasteiger partial charge in [0.2, 0.25) is 0 Å². The third-order valence-electron chi connectivity index (χ3n) is 4.46. The molecular formula is C19H19ClN6S. The van der Waals surface area contributed by atoms with Crippen LogP contribution in [0.1, 0.15) is 38.2 Å². The Morgan fingerprint density at radius 2 is 1.78 bits per heavy atom. The van der Waals surface area contributed by atoms with E-state index < -0.39 is 0 Å². The van der Waals surface area contributed by atoms with E-state index >= 15 is 0 Å². The van der Waals surface area contributed by atoms with Crippen LogP contribution >= 0.6 is 23.8 Å². The molecule has 2 aromatic carbocycles. The lowest BCUT2D eigenvalue weighted by Crippen LogP contribution is -2.45. The number of nitrogens with one attached hydrogen (secondary N) is 1. The van der Waals surface area contributed by atoms with Gasteiger partial charge >= 0.3 is 0 Å². The Hall–Kier alpha value is -2.51. The van der Waals surface area contributed by atoms with Crippen LogP contribution in [0.25, 0.3) is 0 Å². The summed E-state index contributed by atoms with van der Waals surface area (Å²) in [4.78, 5) is 1.98. The second-order valence-electron chi connectivity index (χ2n) is 7.36. The number of tetrazole rings is 1. The van der Waals surface area contributed by atoms with Gasteiger partial charge in [0, 0.05) is 11.3 Å². The van der Waals surface area contributed by atoms with Crippen molar-refractivity contribution in [3.63, 3.8) is 0 Å². The molecule has 1 unspecified atom stereocenters. The topological polar surface area (TPSA) is 58.9 Å². The molecule has 1 aliphatic heterocycles. The van der Waals surface area contributed by atoms with Crippen molar-refractivity contribution in [2.45, 2.75) is 32.4 Å². The van der Waals surface area contributed by atoms with Crippen molar-refractivity contribution in [2.24, 2.45) is 0 Å². The molecule has 0 radical (unpaired) electrons. The first-order valence-electron chi connectivity index (χ1n) is 8.60. The van der Waals surface area contributed by atoms with Gasteiger partial charge < -0.3 is 10.2 Å². The van der Waals surface area contributed by atoms with E-state index in [1.165, 1.54) is 0 Å². The summed E-state index contributed by atoms with van der Waals surface area (Å²) in [5.74, 6) is 0.707. The first kappa shape index (κ1) is 17.9. The Labute approximate surface area is 168 Å². The zero-order valence-electron chi connectivity index (χ0n) is 15.2. The molecule has 0 fully saturated rings. The van der Waals surface area contributed by atoms with Gasteiger partial charge in [-0.15, -0.1) is 5.10 Å². The smallest absolute Gasteiger partial charge is 0.179 e. The molecule has 6 nitrogen and oxygen atoms in total. The molecule has 4 rings (SSSR count). The van der Waals surface area contributed by atoms with E-state index in [-0.39, 0.29) is 11.6 Å². The third-order valence-corrected chi connectivity index (χ3v) is 5.08. The fourth-order valence-electron chi connectivity index (χ4n) is 3.27. The summed E-state index contributed by atoms with van der Waals surface area (Å²) in [5, 5.41) is 17.0. The highest BCUT2D eigenvalue weighted by atomic mass is 35.5. The minimum atomic E-state index is -0.302. The van der Waals surface area contributed by atoms with Crippen molar-refractivity contribution in [3.8, 4) is 0 Å². The predicted octanol–water partition coefficient (Wildman–Crippen LogP) is 4.39. The molecule has 138 valence electrons. The van der Waals surface area contributed by atoms with Crippen molar-refractivity contribution in [1.82, 2.24) is 20.2 Å². The molecule has 0 amide bonds. The largest absolute Gasteiger partial charge is 0.332 e. The van der Waals surface area contributed by atoms with Crippen molar-refractivity contribution >= 4 is 40.3 Å². The number of anilines is 2. The van der Waals surface area contributed by atoms with Gasteiger partial charge in [-0.3, -0.25) is 0 Å². The fourth-order valence-corrected chi connectivity index (χ4v) is 3.81. The first-order chi connectivity index (χ1) is 12.9. The third kappa shape index (κ3) is 3.07. The molecule has 1 N–H and O–H groups in total. The summed E-state index contributed by atoms with van der Waals surface area (Å²) in [6.45, 7) is 6.20. The molecule has 0 saturated heterocycles. The van der Waals surface area contributed by atoms with Crippen molar-refractivity contribution in [3.05, 3.63) is 64.9 Å². The quantitative estimate of drug-likeness (QED) is 0.646. The lowest BCUT2D eigenvalue weighted by Gasteiger charge is -2.39. The number of fused-ring (bicyclic) bond motifs is 1. The van der Waals surface area contributed by atoms with Crippen LogP contribution in [-0.4, -0.2) is 25.3 Å². The second kappa shape index (κ2) is 6.58. The van der Waals surface area contributed by atoms with Gasteiger partial charge in [0.1, 0.15) is 6.04 Å². The Morgan fingerprint density at radius 3 is 2.52 bits per heavy atom. The number of benzene rings is 2. The molecule has 1 atom stereocenters. The van der Waals surface area contributed by atoms with Crippen LogP contribution in [0.5, 0.6) is 0 Å². The lowest BCUT2D eigenvalue weighted by molar-refractivity contribution is 0.331. The number of para-hydroxylation sites is 2. The number of rotatable bonds is 2. The van der Waals surface area contributed by atoms with Crippen molar-refractivity contribution < 1.29 is 0 Å². The maximum atomic E-state index is 6.52. The van der Waals surface area contributed by atoms with Gasteiger partial charge in [-0.2, -0.15) is 0 Å². The molecular weight excluding hydrogens is 380 g/mol. The van der Waals surface area contributed by atoms with E-state index in [0.29, 0.717) is 16.0 Å². The van der Waals surface area contributed by atoms with Gasteiger partial charge in [-0.25, -0.2) is 4.68 Å². The molecule has 1 aromatic heterocycles. The summed E-state index contributed by atoms with van der Waals surface area (Å²) in [7, 11) is 0. The fraction of sp³-hybridized carbons (Fsp3) is 0.263. The zero-order valence-corrected chi connectivity index (χ0v) is 16.8. The molecule has 0 spiro atoms. The minimum Gasteiger partial charge on any atom is -0.332 e. The molecule has 1 aliphatic rings. The van der Waals surface area contributed by atoms with E-state index in [1.54, 1.807) is 0 Å². The highest BCUT2D eigenvalue weighted by molar-refractivity contribution is 7.80. The molecule has 27 heavy (non-hydrogen) atoms. The zero-order chi connectivity index (χ0) is 19.2. The highest BCUT2D eigenvalue weighted by Gasteiger charge is 2.38. The van der Waals surface area contributed by atoms with Gasteiger partial charge in [0.05, 0.1) is 16.2 Å². The van der Waals surface area contributed by atoms with Crippen LogP contribution in [0.3, 0.4) is 0 Å². The van der Waals surface area contributed by atoms with Crippen LogP contribution in [0.15, 0.2) is 48.5 Å². The monoisotopic (exact) mass is 398 g/mol. The number of nitrogens with zero attached hydrogens (tertiary/aromatic N) is 5. The first-order valence-corrected chi connectivity index (χ1v) is 9.39. The van der Waals surface area contributed by atoms with Gasteiger partial charge in [-0.1, -0.05) is 41.9 Å². The maximum Gasteiger partial charge on any atom is 0.179 e. The van der Waals surface area contributed by atoms with Gasteiger partial charge in [0.15, 0.2) is 10.9 Å². The van der Waals surface area contributed by atoms with E-state index in [0.717, 1.165) is 16.9 Å². The van der Waals surface area contributed by atoms with Crippen LogP contribution < -0.4 is 10.2 Å². The molecule has 0 bridgehead atoms. The van der Waals surface area contributed by atoms with Crippen LogP contribution in [0, 0.1) is 0 Å². The molecule has 0 aliphatic carbocycles. The Kier molecular flexibility index (Phi) is 4.36. The van der Waals surface area contributed by atoms with Gasteiger partial charge in [0.25, 0.3) is 0 Å². The Balaban J connectivity index is 1.98. The molecule has 0 saturated carbocycles. The maximum absolute atomic E-state index is 6.52. The summed E-state index contributed by atoms with van der Waals surface area (Å²) >= 11 is 12.2. The Morgan fingerprint density at radius 1 is 1.07 bits per heavy atom. The molecule has 2 heterocycles. The van der Waals surface area contributed by atoms with Crippen LogP contribution in [0.2, 0.25) is 5.02 Å². The summed E-state index contributed by atoms with van der Waals surface area (Å²) < 4.78 is 1.84. The predicted molar refractivity (Wildman–Crippen MR) is 111 cm³/mol. The summed E-state index contributed by atoms with van der Waals surface area (Å²) in [5.41, 5.74) is 2.50. The number of thiocarbonyl (C=S) groups is 1. The second-order valence-corrected chi connectivity index (χ2v) is 8.15. The van der Waals surface area contributed by atoms with Gasteiger partial charge in [-0.05, 0) is 61.6 Å². The van der Waals surface area contributed by atoms with Crippen LogP contribution in [-0.2, 0) is 5.54 Å². The Bertz CT molecular complexity index is 1010. The normalized spacial score (nSPS) is 16.8. The van der Waals surface area contributed by atoms with Crippen molar-refractivity contribution in [1.29, 1.82) is 0 Å². The number of halogens is 1. The SMILES string of the molecule is CC(C)(C)n1nnnc1C1c2ccccc2NC(=S)N1c1ccccc1Cl. The van der Waals surface area contributed by atoms with E-state index in [9.17, 15) is 0 Å². The minimum absolute atomic E-state index is 0.285. The average Bonchev–Trinajstić information content (AvgIpc) is 3.11. The lowest BCUT2D eigenvalue weighted by atomic mass is 9.98. The summed E-state index contributed by atoms with van der Waals surface area (Å²) in [6, 6.07) is 15.4. The van der Waals surface area contributed by atoms with Crippen molar-refractivity contribution in [2.75, 3.05) is 10.2 Å². The number of hydrogen-bond donors (Lipinski definition) is 1. The molecule has 8 heteroatoms. The summed E-state index contributed by atoms with van der Waals surface area (Å²) in [6.07, 6.45) is 0. The number of hydrogen-bond acceptors (Lipinski definition) is 4. The highest BCUT2D eigenvalue weighted by Crippen LogP contribution is 2.42. The average molecular weight is 399 g/mol. The molecule has 3 aromatic rings. The van der Waals surface area contributed by atoms with E-state index in [4.69, 9.17) is 23.8 Å².